The Morgan fingerprint density at radius 3 is 1.94 bits per heavy atom. The molecule has 2 aromatic rings. The van der Waals surface area contributed by atoms with E-state index in [-0.39, 0.29) is 36.4 Å². The van der Waals surface area contributed by atoms with Crippen LogP contribution in [0, 0.1) is 0 Å². The number of carbonyl (C=O) groups is 1. The van der Waals surface area contributed by atoms with E-state index in [1.165, 1.54) is 0 Å². The lowest BCUT2D eigenvalue weighted by Crippen LogP contribution is -2.53. The van der Waals surface area contributed by atoms with E-state index in [1.54, 1.807) is 13.8 Å². The number of amides is 2. The maximum atomic E-state index is 12.6. The number of nitrogens with one attached hydrogen (secondary N) is 1. The van der Waals surface area contributed by atoms with Crippen molar-refractivity contribution >= 4 is 18.6 Å². The molecule has 0 bridgehead atoms. The van der Waals surface area contributed by atoms with Gasteiger partial charge in [-0.1, -0.05) is 60.7 Å². The van der Waals surface area contributed by atoms with Crippen molar-refractivity contribution in [1.29, 1.82) is 0 Å². The van der Waals surface area contributed by atoms with Crippen LogP contribution < -0.4 is 10.8 Å². The number of nitrogens with zero attached hydrogens (tertiary/aromatic N) is 1. The van der Waals surface area contributed by atoms with E-state index < -0.39 is 5.60 Å². The third-order valence-electron chi connectivity index (χ3n) is 7.13. The van der Waals surface area contributed by atoms with Gasteiger partial charge in [-0.3, -0.25) is 0 Å². The van der Waals surface area contributed by atoms with Gasteiger partial charge in [0.25, 0.3) is 0 Å². The Kier molecular flexibility index (Phi) is 8.35. The van der Waals surface area contributed by atoms with Crippen molar-refractivity contribution in [2.75, 3.05) is 6.54 Å². The first kappa shape index (κ1) is 27.2. The first-order valence-electron chi connectivity index (χ1n) is 12.5. The summed E-state index contributed by atoms with van der Waals surface area (Å²) in [5.41, 5.74) is 0.536. The van der Waals surface area contributed by atoms with Crippen molar-refractivity contribution in [2.24, 2.45) is 0 Å². The van der Waals surface area contributed by atoms with Gasteiger partial charge >= 0.3 is 13.1 Å². The van der Waals surface area contributed by atoms with Crippen LogP contribution in [0.5, 0.6) is 0 Å². The molecule has 2 aromatic carbocycles. The summed E-state index contributed by atoms with van der Waals surface area (Å²) >= 11 is 0. The van der Waals surface area contributed by atoms with E-state index in [4.69, 9.17) is 9.31 Å². The van der Waals surface area contributed by atoms with Gasteiger partial charge in [0.05, 0.1) is 22.8 Å². The second kappa shape index (κ2) is 10.7. The summed E-state index contributed by atoms with van der Waals surface area (Å²) in [5.74, 6) is 0. The van der Waals surface area contributed by atoms with Crippen molar-refractivity contribution < 1.29 is 19.2 Å². The lowest BCUT2D eigenvalue weighted by molar-refractivity contribution is 0.00578. The molecule has 7 heteroatoms. The van der Waals surface area contributed by atoms with Gasteiger partial charge in [0.2, 0.25) is 0 Å². The van der Waals surface area contributed by atoms with Crippen LogP contribution in [0.2, 0.25) is 0 Å². The van der Waals surface area contributed by atoms with Gasteiger partial charge in [-0.15, -0.1) is 0 Å². The van der Waals surface area contributed by atoms with Crippen LogP contribution in [0.4, 0.5) is 4.79 Å². The second-order valence-corrected chi connectivity index (χ2v) is 11.2. The summed E-state index contributed by atoms with van der Waals surface area (Å²) in [6.45, 7) is 14.4. The zero-order valence-corrected chi connectivity index (χ0v) is 22.2. The Bertz CT molecular complexity index is 914. The molecule has 35 heavy (non-hydrogen) atoms. The maximum absolute atomic E-state index is 12.6. The standard InChI is InChI=1S/C22H35BN2O4.C6H6/c1-15(25-13-12-18(24-19(25)26)14-20(2,3)27)16-8-10-17(11-9-16)23-28-21(4,5)22(6,7)29-23;1-2-4-6-5-3-1/h8-11,15,18,27H,12-14H2,1-7H3,(H,24,26);1-6H. The van der Waals surface area contributed by atoms with E-state index in [0.717, 1.165) is 17.4 Å². The third kappa shape index (κ3) is 7.09. The molecule has 0 spiro atoms. The molecule has 2 fully saturated rings. The van der Waals surface area contributed by atoms with Crippen molar-refractivity contribution in [2.45, 2.75) is 90.2 Å². The van der Waals surface area contributed by atoms with Crippen LogP contribution in [0.25, 0.3) is 0 Å². The third-order valence-corrected chi connectivity index (χ3v) is 7.13. The highest BCUT2D eigenvalue weighted by Gasteiger charge is 2.51. The maximum Gasteiger partial charge on any atom is 0.494 e. The van der Waals surface area contributed by atoms with Gasteiger partial charge in [0.1, 0.15) is 0 Å². The average Bonchev–Trinajstić information content (AvgIpc) is 3.01. The fourth-order valence-corrected chi connectivity index (χ4v) is 4.33. The largest absolute Gasteiger partial charge is 0.494 e. The Morgan fingerprint density at radius 2 is 1.51 bits per heavy atom. The van der Waals surface area contributed by atoms with Gasteiger partial charge in [-0.25, -0.2) is 4.79 Å². The molecule has 0 aliphatic carbocycles. The summed E-state index contributed by atoms with van der Waals surface area (Å²) in [6.07, 6.45) is 1.38. The fraction of sp³-hybridized carbons (Fsp3) is 0.536. The predicted octanol–water partition coefficient (Wildman–Crippen LogP) is 4.68. The Morgan fingerprint density at radius 1 is 1.03 bits per heavy atom. The van der Waals surface area contributed by atoms with E-state index in [1.807, 2.05) is 100 Å². The summed E-state index contributed by atoms with van der Waals surface area (Å²) in [4.78, 5) is 14.5. The summed E-state index contributed by atoms with van der Waals surface area (Å²) < 4.78 is 12.2. The van der Waals surface area contributed by atoms with E-state index in [2.05, 4.69) is 5.32 Å². The quantitative estimate of drug-likeness (QED) is 0.610. The molecule has 4 rings (SSSR count). The molecule has 2 amide bonds. The molecule has 2 atom stereocenters. The van der Waals surface area contributed by atoms with E-state index >= 15 is 0 Å². The van der Waals surface area contributed by atoms with Crippen LogP contribution in [-0.2, 0) is 9.31 Å². The molecule has 0 saturated carbocycles. The van der Waals surface area contributed by atoms with Crippen LogP contribution in [0.3, 0.4) is 0 Å². The Labute approximate surface area is 211 Å². The lowest BCUT2D eigenvalue weighted by atomic mass is 9.78. The van der Waals surface area contributed by atoms with Gasteiger partial charge < -0.3 is 24.6 Å². The smallest absolute Gasteiger partial charge is 0.399 e. The minimum absolute atomic E-state index is 0.0108. The molecule has 2 unspecified atom stereocenters. The first-order valence-corrected chi connectivity index (χ1v) is 12.5. The van der Waals surface area contributed by atoms with Gasteiger partial charge in [0, 0.05) is 12.6 Å². The van der Waals surface area contributed by atoms with Gasteiger partial charge in [0.15, 0.2) is 0 Å². The van der Waals surface area contributed by atoms with Crippen LogP contribution in [0.15, 0.2) is 60.7 Å². The summed E-state index contributed by atoms with van der Waals surface area (Å²) in [5, 5.41) is 13.0. The molecule has 2 heterocycles. The van der Waals surface area contributed by atoms with Crippen LogP contribution >= 0.6 is 0 Å². The van der Waals surface area contributed by atoms with Crippen molar-refractivity contribution in [3.8, 4) is 0 Å². The molecule has 190 valence electrons. The highest BCUT2D eigenvalue weighted by atomic mass is 16.7. The molecular weight excluding hydrogens is 439 g/mol. The molecule has 2 aliphatic rings. The van der Waals surface area contributed by atoms with Crippen molar-refractivity contribution in [3.63, 3.8) is 0 Å². The minimum Gasteiger partial charge on any atom is -0.399 e. The number of carbonyl (C=O) groups excluding carboxylic acids is 1. The zero-order chi connectivity index (χ0) is 25.9. The fourth-order valence-electron chi connectivity index (χ4n) is 4.33. The number of hydrogen-bond donors (Lipinski definition) is 2. The molecule has 2 N–H and O–H groups in total. The van der Waals surface area contributed by atoms with E-state index in [9.17, 15) is 9.90 Å². The number of rotatable bonds is 5. The second-order valence-electron chi connectivity index (χ2n) is 11.2. The summed E-state index contributed by atoms with van der Waals surface area (Å²) in [7, 11) is -0.384. The Balaban J connectivity index is 0.000000497. The van der Waals surface area contributed by atoms with Crippen LogP contribution in [-0.4, -0.2) is 52.5 Å². The highest BCUT2D eigenvalue weighted by molar-refractivity contribution is 6.62. The summed E-state index contributed by atoms with van der Waals surface area (Å²) in [6, 6.07) is 20.0. The highest BCUT2D eigenvalue weighted by Crippen LogP contribution is 2.36. The number of urea groups is 1. The van der Waals surface area contributed by atoms with E-state index in [0.29, 0.717) is 13.0 Å². The SMILES string of the molecule is CC(c1ccc(B2OC(C)(C)C(C)(C)O2)cc1)N1CCC(CC(C)(C)O)NC1=O.c1ccccc1. The molecule has 6 nitrogen and oxygen atoms in total. The first-order chi connectivity index (χ1) is 16.3. The van der Waals surface area contributed by atoms with Gasteiger partial charge in [-0.2, -0.15) is 0 Å². The zero-order valence-electron chi connectivity index (χ0n) is 22.2. The molecule has 2 saturated heterocycles. The molecule has 0 aromatic heterocycles. The average molecular weight is 480 g/mol. The molecule has 2 aliphatic heterocycles. The monoisotopic (exact) mass is 480 g/mol. The minimum atomic E-state index is -0.783. The predicted molar refractivity (Wildman–Crippen MR) is 142 cm³/mol. The van der Waals surface area contributed by atoms with Crippen LogP contribution in [0.1, 0.15) is 72.9 Å². The topological polar surface area (TPSA) is 71.0 Å². The normalized spacial score (nSPS) is 22.2. The number of aliphatic hydroxyl groups is 1. The van der Waals surface area contributed by atoms with Crippen molar-refractivity contribution in [3.05, 3.63) is 66.2 Å². The van der Waals surface area contributed by atoms with Gasteiger partial charge in [-0.05, 0) is 72.3 Å². The molecular formula is C28H41BN2O4. The van der Waals surface area contributed by atoms with Crippen molar-refractivity contribution in [1.82, 2.24) is 10.2 Å². The lowest BCUT2D eigenvalue weighted by Gasteiger charge is -2.38. The Hall–Kier alpha value is -2.35. The number of hydrogen-bond acceptors (Lipinski definition) is 4. The number of benzene rings is 2. The molecule has 0 radical (unpaired) electrons.